The van der Waals surface area contributed by atoms with Gasteiger partial charge in [-0.05, 0) is 6.42 Å². The number of aliphatic hydroxyl groups excluding tert-OH is 10. The zero-order valence-corrected chi connectivity index (χ0v) is 20.7. The number of rotatable bonds is 14. The van der Waals surface area contributed by atoms with E-state index < -0.39 is 91.9 Å². The Hall–Kier alpha value is -1.79. The minimum atomic E-state index is -2.31. The molecule has 0 saturated carbocycles. The maximum Gasteiger partial charge on any atom is 2.00 e. The van der Waals surface area contributed by atoms with E-state index >= 15 is 0 Å². The van der Waals surface area contributed by atoms with E-state index in [9.17, 15) is 29.4 Å². The van der Waals surface area contributed by atoms with Gasteiger partial charge < -0.3 is 87.4 Å². The van der Waals surface area contributed by atoms with Gasteiger partial charge >= 0.3 is 29.0 Å². The molecule has 0 rings (SSSR count). The van der Waals surface area contributed by atoms with Crippen LogP contribution in [-0.4, -0.2) is 171 Å². The van der Waals surface area contributed by atoms with Crippen LogP contribution in [0.3, 0.4) is 0 Å². The number of primary amides is 1. The molecule has 0 fully saturated rings. The number of hydrogen-bond acceptors (Lipinski definition) is 17. The summed E-state index contributed by atoms with van der Waals surface area (Å²) in [6.07, 6.45) is -16.0. The fourth-order valence-corrected chi connectivity index (χ4v) is 1.74. The third-order valence-corrected chi connectivity index (χ3v) is 4.01. The van der Waals surface area contributed by atoms with Crippen LogP contribution in [0.5, 0.6) is 0 Å². The number of carbonyl (C=O) groups is 4. The van der Waals surface area contributed by atoms with Crippen molar-refractivity contribution in [3.05, 3.63) is 0 Å². The number of aliphatic carboxylic acids is 3. The van der Waals surface area contributed by atoms with Gasteiger partial charge in [-0.15, -0.1) is 0 Å². The molecule has 20 heteroatoms. The summed E-state index contributed by atoms with van der Waals surface area (Å²) in [6, 6.07) is -0.979. The number of nitrogens with two attached hydrogens (primary N) is 2. The van der Waals surface area contributed by atoms with Crippen LogP contribution in [0.15, 0.2) is 0 Å². The van der Waals surface area contributed by atoms with Crippen molar-refractivity contribution in [2.45, 2.75) is 67.7 Å². The summed E-state index contributed by atoms with van der Waals surface area (Å²) >= 11 is 0. The molecular formula is C17H32MgN2O17. The smallest absolute Gasteiger partial charge is 0.547 e. The summed E-state index contributed by atoms with van der Waals surface area (Å²) in [6.45, 7) is -1.73. The molecule has 0 aromatic carbocycles. The molecule has 0 aromatic heterocycles. The summed E-state index contributed by atoms with van der Waals surface area (Å²) in [4.78, 5) is 40.1. The normalized spacial score (nSPS) is 17.7. The van der Waals surface area contributed by atoms with Gasteiger partial charge in [0.15, 0.2) is 0 Å². The largest absolute Gasteiger partial charge is 2.00 e. The molecule has 0 bridgehead atoms. The summed E-state index contributed by atoms with van der Waals surface area (Å²) in [5.41, 5.74) is 9.81. The number of carboxylic acids is 3. The van der Waals surface area contributed by atoms with Gasteiger partial charge in [0.25, 0.3) is 0 Å². The van der Waals surface area contributed by atoms with Crippen molar-refractivity contribution in [1.29, 1.82) is 0 Å². The Morgan fingerprint density at radius 2 is 0.973 bits per heavy atom. The molecule has 37 heavy (non-hydrogen) atoms. The van der Waals surface area contributed by atoms with Gasteiger partial charge in [-0.25, -0.2) is 0 Å². The van der Waals surface area contributed by atoms with Crippen molar-refractivity contribution in [2.75, 3.05) is 13.2 Å². The van der Waals surface area contributed by atoms with Crippen LogP contribution in [0.25, 0.3) is 0 Å². The molecule has 0 aliphatic rings. The maximum atomic E-state index is 10.1. The van der Waals surface area contributed by atoms with E-state index in [1.807, 2.05) is 0 Å². The van der Waals surface area contributed by atoms with Crippen molar-refractivity contribution < 1.29 is 85.6 Å². The van der Waals surface area contributed by atoms with Crippen LogP contribution in [0.2, 0.25) is 0 Å². The Bertz CT molecular complexity index is 634. The molecule has 15 N–H and O–H groups in total. The van der Waals surface area contributed by atoms with Crippen LogP contribution in [0.4, 0.5) is 0 Å². The van der Waals surface area contributed by atoms with E-state index in [2.05, 4.69) is 0 Å². The third kappa shape index (κ3) is 19.0. The first-order valence-corrected chi connectivity index (χ1v) is 9.71. The van der Waals surface area contributed by atoms with Crippen molar-refractivity contribution in [2.24, 2.45) is 11.5 Å². The molecule has 214 valence electrons. The first-order valence-electron chi connectivity index (χ1n) is 9.71. The van der Waals surface area contributed by atoms with Crippen LogP contribution in [0.1, 0.15) is 12.8 Å². The van der Waals surface area contributed by atoms with Crippen molar-refractivity contribution >= 4 is 46.9 Å². The predicted molar refractivity (Wildman–Crippen MR) is 112 cm³/mol. The molecule has 0 aliphatic heterocycles. The summed E-state index contributed by atoms with van der Waals surface area (Å²) in [5.74, 6) is -5.59. The Balaban J connectivity index is -0.000000220. The summed E-state index contributed by atoms with van der Waals surface area (Å²) in [5, 5.41) is 115. The third-order valence-electron chi connectivity index (χ3n) is 4.01. The van der Waals surface area contributed by atoms with Crippen LogP contribution < -0.4 is 21.7 Å². The molecule has 0 spiro atoms. The number of amides is 1. The van der Waals surface area contributed by atoms with Gasteiger partial charge in [-0.3, -0.25) is 9.59 Å². The van der Waals surface area contributed by atoms with Gasteiger partial charge in [-0.1, -0.05) is 0 Å². The predicted octanol–water partition coefficient (Wildman–Crippen LogP) is -11.4. The monoisotopic (exact) mass is 560 g/mol. The average Bonchev–Trinajstić information content (AvgIpc) is 2.83. The molecule has 9 unspecified atom stereocenters. The zero-order chi connectivity index (χ0) is 29.3. The van der Waals surface area contributed by atoms with E-state index in [-0.39, 0.29) is 35.9 Å². The van der Waals surface area contributed by atoms with Crippen LogP contribution in [-0.2, 0) is 19.2 Å². The Morgan fingerprint density at radius 1 is 0.676 bits per heavy atom. The second kappa shape index (κ2) is 22.2. The molecule has 19 nitrogen and oxygen atoms in total. The van der Waals surface area contributed by atoms with Gasteiger partial charge in [0, 0.05) is 6.42 Å². The van der Waals surface area contributed by atoms with E-state index in [0.29, 0.717) is 0 Å². The van der Waals surface area contributed by atoms with E-state index in [4.69, 9.17) is 67.6 Å². The zero-order valence-electron chi connectivity index (χ0n) is 19.3. The second-order valence-corrected chi connectivity index (χ2v) is 6.94. The van der Waals surface area contributed by atoms with Crippen molar-refractivity contribution in [3.63, 3.8) is 0 Å². The van der Waals surface area contributed by atoms with Crippen molar-refractivity contribution in [3.8, 4) is 0 Å². The topological polar surface area (TPSA) is 389 Å². The second-order valence-electron chi connectivity index (χ2n) is 6.94. The number of aliphatic hydroxyl groups is 10. The van der Waals surface area contributed by atoms with E-state index in [0.717, 1.165) is 0 Å². The molecule has 0 aromatic rings. The van der Waals surface area contributed by atoms with Gasteiger partial charge in [-0.2, -0.15) is 0 Å². The van der Waals surface area contributed by atoms with E-state index in [1.54, 1.807) is 0 Å². The fraction of sp³-hybridized carbons (Fsp3) is 0.765. The molecule has 1 amide bonds. The fourth-order valence-electron chi connectivity index (χ4n) is 1.74. The first kappa shape index (κ1) is 42.3. The first-order chi connectivity index (χ1) is 16.4. The van der Waals surface area contributed by atoms with Crippen LogP contribution >= 0.6 is 0 Å². The number of carbonyl (C=O) groups excluding carboxylic acids is 3. The molecular weight excluding hydrogens is 528 g/mol. The Kier molecular flexibility index (Phi) is 25.4. The van der Waals surface area contributed by atoms with Gasteiger partial charge in [0.2, 0.25) is 5.91 Å². The van der Waals surface area contributed by atoms with Gasteiger partial charge in [0.05, 0.1) is 25.2 Å². The van der Waals surface area contributed by atoms with Gasteiger partial charge in [0.1, 0.15) is 54.9 Å². The SMILES string of the molecule is NC(=O)CCC(N)C(=O)O.O=C([O-])C(O)C(O)C(O)C(O)CO.O=C([O-])C(O)C(O)C(O)C(O)CO.[Mg+2]. The quantitative estimate of drug-likeness (QED) is 0.0876. The number of carboxylic acid groups (broad SMARTS) is 3. The molecule has 0 aliphatic carbocycles. The molecule has 0 heterocycles. The molecule has 0 radical (unpaired) electrons. The summed E-state index contributed by atoms with van der Waals surface area (Å²) < 4.78 is 0. The molecule has 9 atom stereocenters. The van der Waals surface area contributed by atoms with Crippen molar-refractivity contribution in [1.82, 2.24) is 0 Å². The minimum absolute atomic E-state index is 0. The minimum Gasteiger partial charge on any atom is -0.547 e. The Labute approximate surface area is 225 Å². The molecule has 0 saturated heterocycles. The van der Waals surface area contributed by atoms with Crippen LogP contribution in [0, 0.1) is 0 Å². The summed E-state index contributed by atoms with van der Waals surface area (Å²) in [7, 11) is 0. The Morgan fingerprint density at radius 3 is 1.16 bits per heavy atom. The standard InChI is InChI=1S/2C6H12O7.C5H10N2O3.Mg/c2*7-1-2(8)3(9)4(10)5(11)6(12)13;6-3(5(9)10)1-2-4(7)8;/h2*2-5,7-11H,1H2,(H,12,13);3H,1-2,6H2,(H2,7,8)(H,9,10);/q;;;+2/p-2. The van der Waals surface area contributed by atoms with E-state index in [1.165, 1.54) is 0 Å². The maximum absolute atomic E-state index is 10.1. The average molecular weight is 561 g/mol. The number of hydrogen-bond donors (Lipinski definition) is 13.